The molecule has 0 aliphatic rings. The normalized spacial score (nSPS) is 10.6. The largest absolute Gasteiger partial charge is 0.481 e. The summed E-state index contributed by atoms with van der Waals surface area (Å²) in [5, 5.41) is 16.1. The lowest BCUT2D eigenvalue weighted by atomic mass is 10.3. The quantitative estimate of drug-likeness (QED) is 0.837. The summed E-state index contributed by atoms with van der Waals surface area (Å²) in [7, 11) is 0. The number of hydrogen-bond acceptors (Lipinski definition) is 5. The molecule has 6 nitrogen and oxygen atoms in total. The van der Waals surface area contributed by atoms with E-state index < -0.39 is 11.8 Å². The van der Waals surface area contributed by atoms with Crippen molar-refractivity contribution in [3.05, 3.63) is 29.0 Å². The molecule has 0 unspecified atom stereocenters. The van der Waals surface area contributed by atoms with Gasteiger partial charge in [-0.3, -0.25) is 9.36 Å². The number of anilines is 1. The first-order valence-corrected chi connectivity index (χ1v) is 6.37. The van der Waals surface area contributed by atoms with Gasteiger partial charge in [0.25, 0.3) is 0 Å². The summed E-state index contributed by atoms with van der Waals surface area (Å²) in [6.07, 6.45) is 0. The molecular formula is C10H8ClFN4O2S. The highest BCUT2D eigenvalue weighted by molar-refractivity contribution is 7.99. The number of carbonyl (C=O) groups is 1. The van der Waals surface area contributed by atoms with E-state index in [4.69, 9.17) is 22.4 Å². The smallest absolute Gasteiger partial charge is 0.313 e. The number of carboxylic acids is 1. The molecule has 0 aliphatic carbocycles. The standard InChI is InChI=1S/C10H8ClFN4O2S/c11-5-2-1-3-6(8(5)12)16-9(13)14-15-10(16)19-4-7(17)18/h1-3H,4H2,(H2,13,14)(H,17,18). The van der Waals surface area contributed by atoms with Gasteiger partial charge in [-0.15, -0.1) is 10.2 Å². The second kappa shape index (κ2) is 5.45. The Hall–Kier alpha value is -1.80. The van der Waals surface area contributed by atoms with Crippen molar-refractivity contribution in [1.82, 2.24) is 14.8 Å². The maximum Gasteiger partial charge on any atom is 0.313 e. The van der Waals surface area contributed by atoms with E-state index in [1.54, 1.807) is 6.07 Å². The Bertz CT molecular complexity index is 634. The van der Waals surface area contributed by atoms with Crippen molar-refractivity contribution in [2.24, 2.45) is 0 Å². The van der Waals surface area contributed by atoms with E-state index in [0.717, 1.165) is 11.8 Å². The van der Waals surface area contributed by atoms with E-state index in [9.17, 15) is 9.18 Å². The van der Waals surface area contributed by atoms with Crippen LogP contribution >= 0.6 is 23.4 Å². The molecule has 1 aromatic carbocycles. The minimum atomic E-state index is -1.02. The van der Waals surface area contributed by atoms with E-state index in [1.807, 2.05) is 0 Å². The van der Waals surface area contributed by atoms with Crippen LogP contribution in [0.1, 0.15) is 0 Å². The molecule has 2 aromatic rings. The Kier molecular flexibility index (Phi) is 3.91. The molecule has 0 radical (unpaired) electrons. The minimum Gasteiger partial charge on any atom is -0.481 e. The molecule has 0 fully saturated rings. The second-order valence-electron chi connectivity index (χ2n) is 3.43. The molecule has 9 heteroatoms. The molecule has 3 N–H and O–H groups in total. The van der Waals surface area contributed by atoms with Gasteiger partial charge >= 0.3 is 5.97 Å². The van der Waals surface area contributed by atoms with Crippen molar-refractivity contribution < 1.29 is 14.3 Å². The van der Waals surface area contributed by atoms with E-state index in [1.165, 1.54) is 16.7 Å². The number of carboxylic acid groups (broad SMARTS) is 1. The lowest BCUT2D eigenvalue weighted by Crippen LogP contribution is -2.06. The SMILES string of the molecule is Nc1nnc(SCC(=O)O)n1-c1cccc(Cl)c1F. The number of halogens is 2. The van der Waals surface area contributed by atoms with Gasteiger partial charge in [-0.2, -0.15) is 0 Å². The Morgan fingerprint density at radius 1 is 1.53 bits per heavy atom. The van der Waals surface area contributed by atoms with Crippen molar-refractivity contribution in [3.8, 4) is 5.69 Å². The van der Waals surface area contributed by atoms with Crippen molar-refractivity contribution in [1.29, 1.82) is 0 Å². The van der Waals surface area contributed by atoms with Crippen LogP contribution in [0.5, 0.6) is 0 Å². The van der Waals surface area contributed by atoms with Crippen LogP contribution in [0.3, 0.4) is 0 Å². The molecular weight excluding hydrogens is 295 g/mol. The number of thioether (sulfide) groups is 1. The molecule has 0 aliphatic heterocycles. The number of nitrogens with zero attached hydrogens (tertiary/aromatic N) is 3. The van der Waals surface area contributed by atoms with Crippen molar-refractivity contribution in [2.75, 3.05) is 11.5 Å². The molecule has 0 saturated carbocycles. The fourth-order valence-corrected chi connectivity index (χ4v) is 2.23. The Morgan fingerprint density at radius 3 is 2.95 bits per heavy atom. The predicted molar refractivity (Wildman–Crippen MR) is 69.1 cm³/mol. The Morgan fingerprint density at radius 2 is 2.26 bits per heavy atom. The van der Waals surface area contributed by atoms with Crippen LogP contribution in [0.15, 0.2) is 23.4 Å². The molecule has 0 saturated heterocycles. The zero-order valence-corrected chi connectivity index (χ0v) is 11.0. The van der Waals surface area contributed by atoms with Gasteiger partial charge in [0.15, 0.2) is 11.0 Å². The first-order valence-electron chi connectivity index (χ1n) is 5.00. The van der Waals surface area contributed by atoms with Crippen LogP contribution in [-0.2, 0) is 4.79 Å². The molecule has 0 amide bonds. The first kappa shape index (κ1) is 13.6. The van der Waals surface area contributed by atoms with Crippen LogP contribution in [0.4, 0.5) is 10.3 Å². The summed E-state index contributed by atoms with van der Waals surface area (Å²) >= 11 is 6.58. The average molecular weight is 303 g/mol. The van der Waals surface area contributed by atoms with Crippen LogP contribution in [0.2, 0.25) is 5.02 Å². The highest BCUT2D eigenvalue weighted by atomic mass is 35.5. The lowest BCUT2D eigenvalue weighted by Gasteiger charge is -2.09. The maximum absolute atomic E-state index is 13.9. The number of aromatic nitrogens is 3. The number of aliphatic carboxylic acids is 1. The van der Waals surface area contributed by atoms with Crippen LogP contribution in [-0.4, -0.2) is 31.6 Å². The van der Waals surface area contributed by atoms with Crippen LogP contribution in [0, 0.1) is 5.82 Å². The maximum atomic E-state index is 13.9. The summed E-state index contributed by atoms with van der Waals surface area (Å²) in [5.74, 6) is -1.98. The Labute approximate surface area is 116 Å². The highest BCUT2D eigenvalue weighted by Crippen LogP contribution is 2.27. The van der Waals surface area contributed by atoms with Gasteiger partial charge in [-0.05, 0) is 12.1 Å². The van der Waals surface area contributed by atoms with E-state index in [-0.39, 0.29) is 27.6 Å². The zero-order valence-electron chi connectivity index (χ0n) is 9.38. The zero-order chi connectivity index (χ0) is 14.0. The summed E-state index contributed by atoms with van der Waals surface area (Å²) in [6, 6.07) is 4.39. The highest BCUT2D eigenvalue weighted by Gasteiger charge is 2.17. The number of nitrogens with two attached hydrogens (primary N) is 1. The number of benzene rings is 1. The monoisotopic (exact) mass is 302 g/mol. The number of nitrogen functional groups attached to an aromatic ring is 1. The van der Waals surface area contributed by atoms with Crippen LogP contribution < -0.4 is 5.73 Å². The van der Waals surface area contributed by atoms with Gasteiger partial charge in [-0.25, -0.2) is 4.39 Å². The topological polar surface area (TPSA) is 94.0 Å². The Balaban J connectivity index is 2.46. The van der Waals surface area contributed by atoms with Gasteiger partial charge in [0.2, 0.25) is 5.95 Å². The van der Waals surface area contributed by atoms with Gasteiger partial charge in [0.1, 0.15) is 0 Å². The van der Waals surface area contributed by atoms with Crippen molar-refractivity contribution in [2.45, 2.75) is 5.16 Å². The third-order valence-electron chi connectivity index (χ3n) is 2.16. The molecule has 0 atom stereocenters. The molecule has 1 aromatic heterocycles. The molecule has 1 heterocycles. The van der Waals surface area contributed by atoms with E-state index in [0.29, 0.717) is 0 Å². The summed E-state index contributed by atoms with van der Waals surface area (Å²) in [4.78, 5) is 10.5. The lowest BCUT2D eigenvalue weighted by molar-refractivity contribution is -0.133. The van der Waals surface area contributed by atoms with Crippen molar-refractivity contribution >= 4 is 35.3 Å². The van der Waals surface area contributed by atoms with Crippen LogP contribution in [0.25, 0.3) is 5.69 Å². The first-order chi connectivity index (χ1) is 9.00. The van der Waals surface area contributed by atoms with Gasteiger partial charge in [0, 0.05) is 0 Å². The second-order valence-corrected chi connectivity index (χ2v) is 4.78. The fourth-order valence-electron chi connectivity index (χ4n) is 1.39. The van der Waals surface area contributed by atoms with Gasteiger partial charge in [0.05, 0.1) is 16.5 Å². The number of hydrogen-bond donors (Lipinski definition) is 2. The third kappa shape index (κ3) is 2.79. The molecule has 2 rings (SSSR count). The predicted octanol–water partition coefficient (Wildman–Crippen LogP) is 1.82. The number of rotatable bonds is 4. The average Bonchev–Trinajstić information content (AvgIpc) is 2.72. The third-order valence-corrected chi connectivity index (χ3v) is 3.36. The van der Waals surface area contributed by atoms with E-state index >= 15 is 0 Å². The van der Waals surface area contributed by atoms with E-state index in [2.05, 4.69) is 10.2 Å². The molecule has 0 spiro atoms. The molecule has 19 heavy (non-hydrogen) atoms. The molecule has 0 bridgehead atoms. The minimum absolute atomic E-state index is 0.0472. The summed E-state index contributed by atoms with van der Waals surface area (Å²) in [6.45, 7) is 0. The van der Waals surface area contributed by atoms with Gasteiger partial charge in [-0.1, -0.05) is 29.4 Å². The fraction of sp³-hybridized carbons (Fsp3) is 0.100. The molecule has 100 valence electrons. The van der Waals surface area contributed by atoms with Crippen molar-refractivity contribution in [3.63, 3.8) is 0 Å². The van der Waals surface area contributed by atoms with Gasteiger partial charge < -0.3 is 10.8 Å². The summed E-state index contributed by atoms with van der Waals surface area (Å²) in [5.41, 5.74) is 5.69. The summed E-state index contributed by atoms with van der Waals surface area (Å²) < 4.78 is 15.2.